The summed E-state index contributed by atoms with van der Waals surface area (Å²) in [4.78, 5) is 0. The predicted molar refractivity (Wildman–Crippen MR) is 68.4 cm³/mol. The van der Waals surface area contributed by atoms with Crippen molar-refractivity contribution in [3.8, 4) is 6.07 Å². The van der Waals surface area contributed by atoms with Gasteiger partial charge in [-0.3, -0.25) is 0 Å². The number of allylic oxidation sites excluding steroid dienone is 1. The zero-order valence-electron chi connectivity index (χ0n) is 8.57. The Hall–Kier alpha value is -1.78. The van der Waals surface area contributed by atoms with Gasteiger partial charge in [0.1, 0.15) is 0 Å². The quantitative estimate of drug-likeness (QED) is 0.643. The van der Waals surface area contributed by atoms with Gasteiger partial charge in [-0.25, -0.2) is 0 Å². The minimum Gasteiger partial charge on any atom is -0.193 e. The molecule has 0 aliphatic carbocycles. The summed E-state index contributed by atoms with van der Waals surface area (Å²) in [6.07, 6.45) is 3.01. The van der Waals surface area contributed by atoms with Crippen molar-refractivity contribution in [1.29, 1.82) is 5.26 Å². The van der Waals surface area contributed by atoms with Crippen LogP contribution < -0.4 is 0 Å². The molecule has 0 fully saturated rings. The second-order valence-corrected chi connectivity index (χ2v) is 2.41. The summed E-state index contributed by atoms with van der Waals surface area (Å²) in [6.45, 7) is 9.88. The van der Waals surface area contributed by atoms with Gasteiger partial charge in [0.05, 0.1) is 6.07 Å². The van der Waals surface area contributed by atoms with Gasteiger partial charge < -0.3 is 0 Å². The molecule has 0 aromatic heterocycles. The summed E-state index contributed by atoms with van der Waals surface area (Å²) in [6, 6.07) is 11.7. The van der Waals surface area contributed by atoms with E-state index in [1.165, 1.54) is 17.2 Å². The van der Waals surface area contributed by atoms with Crippen molar-refractivity contribution >= 4 is 17.7 Å². The molecule has 1 aromatic rings. The van der Waals surface area contributed by atoms with Gasteiger partial charge in [0, 0.05) is 6.08 Å². The van der Waals surface area contributed by atoms with Crippen LogP contribution in [0.3, 0.4) is 0 Å². The van der Waals surface area contributed by atoms with Crippen LogP contribution in [-0.4, -0.2) is 0 Å². The number of hydrogen-bond donors (Lipinski definition) is 0. The first kappa shape index (κ1) is 15.7. The Bertz CT molecular complexity index is 309. The van der Waals surface area contributed by atoms with Crippen LogP contribution in [0.25, 0.3) is 6.08 Å². The molecule has 1 rings (SSSR count). The molecule has 15 heavy (non-hydrogen) atoms. The highest BCUT2D eigenvalue weighted by atomic mass is 35.5. The number of halogens is 1. The van der Waals surface area contributed by atoms with Gasteiger partial charge >= 0.3 is 0 Å². The third-order valence-corrected chi connectivity index (χ3v) is 1.13. The smallest absolute Gasteiger partial charge is 0.0905 e. The zero-order chi connectivity index (χ0) is 11.9. The van der Waals surface area contributed by atoms with Gasteiger partial charge in [-0.05, 0) is 11.1 Å². The Morgan fingerprint density at radius 3 is 1.73 bits per heavy atom. The van der Waals surface area contributed by atoms with E-state index in [1.54, 1.807) is 6.07 Å². The van der Waals surface area contributed by atoms with E-state index in [1.807, 2.05) is 36.4 Å². The molecule has 0 radical (unpaired) electrons. The Kier molecular flexibility index (Phi) is 15.4. The van der Waals surface area contributed by atoms with E-state index in [9.17, 15) is 0 Å². The second kappa shape index (κ2) is 14.7. The molecular weight excluding hydrogens is 206 g/mol. The van der Waals surface area contributed by atoms with E-state index in [0.717, 1.165) is 0 Å². The topological polar surface area (TPSA) is 23.8 Å². The summed E-state index contributed by atoms with van der Waals surface area (Å²) in [5.41, 5.74) is 2.40. The lowest BCUT2D eigenvalue weighted by Gasteiger charge is -1.85. The summed E-state index contributed by atoms with van der Waals surface area (Å²) < 4.78 is 0. The Morgan fingerprint density at radius 2 is 1.53 bits per heavy atom. The van der Waals surface area contributed by atoms with Crippen molar-refractivity contribution in [2.24, 2.45) is 0 Å². The molecule has 0 aliphatic heterocycles. The molecule has 0 N–H and O–H groups in total. The van der Waals surface area contributed by atoms with Crippen molar-refractivity contribution in [2.45, 2.75) is 0 Å². The van der Waals surface area contributed by atoms with E-state index >= 15 is 0 Å². The summed E-state index contributed by atoms with van der Waals surface area (Å²) >= 11 is 4.76. The highest BCUT2D eigenvalue weighted by molar-refractivity contribution is 6.25. The second-order valence-electron chi connectivity index (χ2n) is 2.10. The Balaban J connectivity index is 0. The van der Waals surface area contributed by atoms with Crippen LogP contribution in [0.15, 0.2) is 61.7 Å². The number of rotatable bonds is 1. The van der Waals surface area contributed by atoms with Gasteiger partial charge in [0.25, 0.3) is 0 Å². The third kappa shape index (κ3) is 15.0. The summed E-state index contributed by atoms with van der Waals surface area (Å²) in [5.74, 6) is 0. The number of nitriles is 1. The SMILES string of the molecule is C=CC#N.C=CCl.C=Cc1ccccc1. The molecule has 0 bridgehead atoms. The van der Waals surface area contributed by atoms with Crippen molar-refractivity contribution in [3.63, 3.8) is 0 Å². The van der Waals surface area contributed by atoms with Gasteiger partial charge in [-0.15, -0.1) is 0 Å². The first-order chi connectivity index (χ1) is 7.26. The zero-order valence-corrected chi connectivity index (χ0v) is 9.32. The number of nitrogens with zero attached hydrogens (tertiary/aromatic N) is 1. The van der Waals surface area contributed by atoms with Crippen molar-refractivity contribution in [3.05, 3.63) is 67.2 Å². The van der Waals surface area contributed by atoms with E-state index in [-0.39, 0.29) is 0 Å². The Labute approximate surface area is 96.6 Å². The molecular formula is C13H14ClN. The first-order valence-corrected chi connectivity index (χ1v) is 4.59. The fraction of sp³-hybridized carbons (Fsp3) is 0. The average Bonchev–Trinajstić information content (AvgIpc) is 2.31. The van der Waals surface area contributed by atoms with Crippen LogP contribution in [-0.2, 0) is 0 Å². The molecule has 0 amide bonds. The van der Waals surface area contributed by atoms with Gasteiger partial charge in [-0.1, -0.05) is 67.7 Å². The van der Waals surface area contributed by atoms with Gasteiger partial charge in [-0.2, -0.15) is 5.26 Å². The monoisotopic (exact) mass is 219 g/mol. The van der Waals surface area contributed by atoms with Crippen molar-refractivity contribution in [1.82, 2.24) is 0 Å². The minimum atomic E-state index is 1.17. The normalized spacial score (nSPS) is 6.40. The summed E-state index contributed by atoms with van der Waals surface area (Å²) in [7, 11) is 0. The van der Waals surface area contributed by atoms with Crippen molar-refractivity contribution < 1.29 is 0 Å². The standard InChI is InChI=1S/C8H8.C3H3N.C2H3Cl/c1-2-8-6-4-3-5-7-8;1-2-3-4;1-2-3/h2-7H,1H2;2H,1H2;2H,1H2. The van der Waals surface area contributed by atoms with Crippen LogP contribution in [0.4, 0.5) is 0 Å². The van der Waals surface area contributed by atoms with E-state index in [2.05, 4.69) is 19.7 Å². The molecule has 1 aromatic carbocycles. The van der Waals surface area contributed by atoms with Crippen molar-refractivity contribution in [2.75, 3.05) is 0 Å². The highest BCUT2D eigenvalue weighted by Crippen LogP contribution is 1.97. The molecule has 78 valence electrons. The molecule has 0 saturated carbocycles. The predicted octanol–water partition coefficient (Wildman–Crippen LogP) is 4.39. The lowest BCUT2D eigenvalue weighted by atomic mass is 10.2. The maximum atomic E-state index is 7.51. The maximum absolute atomic E-state index is 7.51. The third-order valence-electron chi connectivity index (χ3n) is 1.13. The van der Waals surface area contributed by atoms with Gasteiger partial charge in [0.2, 0.25) is 0 Å². The highest BCUT2D eigenvalue weighted by Gasteiger charge is 1.75. The molecule has 0 unspecified atom stereocenters. The molecule has 2 heteroatoms. The first-order valence-electron chi connectivity index (χ1n) is 4.15. The largest absolute Gasteiger partial charge is 0.193 e. The molecule has 0 atom stereocenters. The van der Waals surface area contributed by atoms with E-state index < -0.39 is 0 Å². The van der Waals surface area contributed by atoms with Crippen LogP contribution >= 0.6 is 11.6 Å². The lowest BCUT2D eigenvalue weighted by Crippen LogP contribution is -1.63. The molecule has 1 nitrogen and oxygen atoms in total. The van der Waals surface area contributed by atoms with E-state index in [0.29, 0.717) is 0 Å². The average molecular weight is 220 g/mol. The number of benzene rings is 1. The molecule has 0 saturated heterocycles. The van der Waals surface area contributed by atoms with E-state index in [4.69, 9.17) is 16.9 Å². The lowest BCUT2D eigenvalue weighted by molar-refractivity contribution is 1.54. The molecule has 0 spiro atoms. The molecule has 0 aliphatic rings. The minimum absolute atomic E-state index is 1.17. The number of hydrogen-bond acceptors (Lipinski definition) is 1. The molecule has 0 heterocycles. The fourth-order valence-corrected chi connectivity index (χ4v) is 0.589. The maximum Gasteiger partial charge on any atom is 0.0905 e. The Morgan fingerprint density at radius 1 is 1.13 bits per heavy atom. The van der Waals surface area contributed by atoms with Crippen LogP contribution in [0, 0.1) is 11.3 Å². The van der Waals surface area contributed by atoms with Crippen LogP contribution in [0.1, 0.15) is 5.56 Å². The fourth-order valence-electron chi connectivity index (χ4n) is 0.589. The summed E-state index contributed by atoms with van der Waals surface area (Å²) in [5, 5.41) is 7.51. The van der Waals surface area contributed by atoms with Crippen LogP contribution in [0.2, 0.25) is 0 Å². The van der Waals surface area contributed by atoms with Gasteiger partial charge in [0.15, 0.2) is 0 Å². The van der Waals surface area contributed by atoms with Crippen LogP contribution in [0.5, 0.6) is 0 Å².